The van der Waals surface area contributed by atoms with Crippen LogP contribution in [-0.4, -0.2) is 16.3 Å². The molecule has 0 atom stereocenters. The Bertz CT molecular complexity index is 3490. The van der Waals surface area contributed by atoms with Crippen molar-refractivity contribution in [1.82, 2.24) is 9.55 Å². The maximum atomic E-state index is 4.99. The van der Waals surface area contributed by atoms with Gasteiger partial charge in [0.1, 0.15) is 5.82 Å². The zero-order valence-corrected chi connectivity index (χ0v) is 44.3. The molecule has 0 spiro atoms. The first kappa shape index (κ1) is 48.4. The monoisotopic (exact) mass is 1110 g/mol. The fourth-order valence-corrected chi connectivity index (χ4v) is 10.3. The molecule has 0 amide bonds. The third-order valence-corrected chi connectivity index (χ3v) is 14.7. The molecule has 0 aliphatic carbocycles. The SMILES string of the molecule is CC(C)(C)c1ccnc(-n2c3[c-]c(B(c4[c-]c(N5C=CN(c6cc(C(C)(C)c7ccccc7)cc(C(C)(C)c7ccccc7)c6)[CH-]5)cc(-c5ccccc5)c4)c4ccccc4)ccc3c3ccccc32)c1.[Pt]. The van der Waals surface area contributed by atoms with E-state index in [1.807, 2.05) is 6.20 Å². The average molecular weight is 1110 g/mol. The van der Waals surface area contributed by atoms with Crippen molar-refractivity contribution in [3.8, 4) is 16.9 Å². The van der Waals surface area contributed by atoms with Gasteiger partial charge < -0.3 is 14.4 Å². The maximum absolute atomic E-state index is 4.99. The Morgan fingerprint density at radius 2 is 1.06 bits per heavy atom. The summed E-state index contributed by atoms with van der Waals surface area (Å²) in [5.74, 6) is 0.888. The summed E-state index contributed by atoms with van der Waals surface area (Å²) < 4.78 is 2.29. The summed E-state index contributed by atoms with van der Waals surface area (Å²) in [6.07, 6.45) is 6.28. The normalized spacial score (nSPS) is 12.9. The molecule has 1 aliphatic heterocycles. The quantitative estimate of drug-likeness (QED) is 0.0953. The van der Waals surface area contributed by atoms with Gasteiger partial charge in [0.2, 0.25) is 0 Å². The number of anilines is 2. The number of rotatable bonds is 11. The molecule has 1 aliphatic rings. The van der Waals surface area contributed by atoms with E-state index in [2.05, 4.69) is 294 Å². The second-order valence-corrected chi connectivity index (χ2v) is 21.1. The van der Waals surface area contributed by atoms with Crippen molar-refractivity contribution in [3.05, 3.63) is 265 Å². The maximum Gasteiger partial charge on any atom is 0.191 e. The fraction of sp³-hybridized carbons (Fsp3) is 0.152. The van der Waals surface area contributed by atoms with Crippen LogP contribution in [0.25, 0.3) is 38.8 Å². The molecule has 2 aromatic heterocycles. The van der Waals surface area contributed by atoms with Crippen LogP contribution in [0.5, 0.6) is 0 Å². The van der Waals surface area contributed by atoms with Gasteiger partial charge in [-0.2, -0.15) is 41.3 Å². The van der Waals surface area contributed by atoms with Crippen molar-refractivity contribution in [2.24, 2.45) is 0 Å². The molecule has 72 heavy (non-hydrogen) atoms. The number of nitrogens with zero attached hydrogens (tertiary/aromatic N) is 4. The minimum absolute atomic E-state index is 0. The van der Waals surface area contributed by atoms with Crippen LogP contribution in [0.4, 0.5) is 11.4 Å². The Kier molecular flexibility index (Phi) is 13.1. The van der Waals surface area contributed by atoms with Crippen LogP contribution in [-0.2, 0) is 37.3 Å². The standard InChI is InChI=1S/C66H58BN4.Pt/c1-64(2,3)51-34-35-68-63(43-51)71-61-31-21-20-30-59(61)60-33-32-55(45-62(60)71)67(54-28-18-11-19-29-54)56-38-48(47-22-12-8-13-23-47)39-57(44-56)69-36-37-70(46-69)58-41-52(65(4,5)49-24-14-9-15-25-49)40-53(42-58)66(6,7)50-26-16-10-17-27-50;/h8-43,46H,1-7H3;/q-3;. The van der Waals surface area contributed by atoms with Crippen LogP contribution >= 0.6 is 0 Å². The average Bonchev–Trinajstić information content (AvgIpc) is 4.03. The number of fused-ring (bicyclic) bond motifs is 3. The van der Waals surface area contributed by atoms with Gasteiger partial charge in [-0.25, -0.2) is 4.98 Å². The number of pyridine rings is 1. The molecular weight excluding hydrogens is 1050 g/mol. The molecular formula is C66H58BN4Pt-3. The zero-order valence-electron chi connectivity index (χ0n) is 42.0. The summed E-state index contributed by atoms with van der Waals surface area (Å²) >= 11 is 0. The van der Waals surface area contributed by atoms with Gasteiger partial charge in [-0.1, -0.05) is 205 Å². The number of hydrogen-bond acceptors (Lipinski definition) is 3. The molecule has 0 fully saturated rings. The number of para-hydroxylation sites is 1. The molecule has 0 radical (unpaired) electrons. The molecule has 0 unspecified atom stereocenters. The first-order valence-corrected chi connectivity index (χ1v) is 24.8. The van der Waals surface area contributed by atoms with Crippen LogP contribution in [0.1, 0.15) is 76.3 Å². The number of hydrogen-bond donors (Lipinski definition) is 0. The van der Waals surface area contributed by atoms with Crippen LogP contribution in [0.3, 0.4) is 0 Å². The third kappa shape index (κ3) is 9.16. The van der Waals surface area contributed by atoms with Crippen molar-refractivity contribution < 1.29 is 21.1 Å². The van der Waals surface area contributed by atoms with E-state index in [-0.39, 0.29) is 44.0 Å². The smallest absolute Gasteiger partial charge is 0.191 e. The van der Waals surface area contributed by atoms with Crippen molar-refractivity contribution in [2.75, 3.05) is 9.80 Å². The first-order valence-electron chi connectivity index (χ1n) is 24.8. The van der Waals surface area contributed by atoms with Crippen molar-refractivity contribution in [3.63, 3.8) is 0 Å². The van der Waals surface area contributed by atoms with Gasteiger partial charge in [0.15, 0.2) is 6.71 Å². The van der Waals surface area contributed by atoms with Crippen LogP contribution in [0, 0.1) is 18.8 Å². The minimum atomic E-state index is -0.248. The summed E-state index contributed by atoms with van der Waals surface area (Å²) in [4.78, 5) is 9.47. The van der Waals surface area contributed by atoms with Gasteiger partial charge in [-0.3, -0.25) is 0 Å². The first-order chi connectivity index (χ1) is 34.3. The van der Waals surface area contributed by atoms with E-state index in [9.17, 15) is 0 Å². The Morgan fingerprint density at radius 1 is 0.472 bits per heavy atom. The van der Waals surface area contributed by atoms with Gasteiger partial charge in [0.25, 0.3) is 0 Å². The minimum Gasteiger partial charge on any atom is -0.500 e. The van der Waals surface area contributed by atoms with E-state index in [1.165, 1.54) is 38.7 Å². The molecule has 10 aromatic rings. The molecule has 358 valence electrons. The molecule has 8 aromatic carbocycles. The summed E-state index contributed by atoms with van der Waals surface area (Å²) in [5.41, 5.74) is 15.5. The van der Waals surface area contributed by atoms with Gasteiger partial charge in [-0.05, 0) is 86.9 Å². The number of benzene rings is 8. The summed E-state index contributed by atoms with van der Waals surface area (Å²) in [5, 5.41) is 2.32. The summed E-state index contributed by atoms with van der Waals surface area (Å²) in [7, 11) is 0. The molecule has 6 heteroatoms. The zero-order chi connectivity index (χ0) is 48.9. The molecule has 0 saturated heterocycles. The van der Waals surface area contributed by atoms with Crippen LogP contribution in [0.15, 0.2) is 219 Å². The van der Waals surface area contributed by atoms with Gasteiger partial charge >= 0.3 is 0 Å². The Balaban J connectivity index is 0.00000596. The Labute approximate surface area is 441 Å². The molecule has 11 rings (SSSR count). The summed E-state index contributed by atoms with van der Waals surface area (Å²) in [6, 6.07) is 80.6. The second-order valence-electron chi connectivity index (χ2n) is 21.1. The van der Waals surface area contributed by atoms with Crippen molar-refractivity contribution in [1.29, 1.82) is 0 Å². The van der Waals surface area contributed by atoms with E-state index in [0.717, 1.165) is 55.7 Å². The molecule has 0 bridgehead atoms. The second kappa shape index (κ2) is 19.4. The summed E-state index contributed by atoms with van der Waals surface area (Å²) in [6.45, 7) is 18.1. The Morgan fingerprint density at radius 3 is 1.69 bits per heavy atom. The van der Waals surface area contributed by atoms with Crippen LogP contribution < -0.4 is 26.2 Å². The van der Waals surface area contributed by atoms with Crippen molar-refractivity contribution >= 4 is 56.3 Å². The molecule has 0 saturated carbocycles. The van der Waals surface area contributed by atoms with Gasteiger partial charge in [0.05, 0.1) is 0 Å². The molecule has 0 N–H and O–H groups in total. The van der Waals surface area contributed by atoms with E-state index >= 15 is 0 Å². The predicted molar refractivity (Wildman–Crippen MR) is 300 cm³/mol. The van der Waals surface area contributed by atoms with E-state index in [1.54, 1.807) is 0 Å². The largest absolute Gasteiger partial charge is 0.500 e. The van der Waals surface area contributed by atoms with Gasteiger partial charge in [0, 0.05) is 49.3 Å². The third-order valence-electron chi connectivity index (χ3n) is 14.7. The fourth-order valence-electron chi connectivity index (χ4n) is 10.3. The van der Waals surface area contributed by atoms with Crippen molar-refractivity contribution in [2.45, 2.75) is 64.7 Å². The number of aromatic nitrogens is 2. The van der Waals surface area contributed by atoms with Gasteiger partial charge in [-0.15, -0.1) is 29.4 Å². The van der Waals surface area contributed by atoms with E-state index in [0.29, 0.717) is 0 Å². The van der Waals surface area contributed by atoms with E-state index < -0.39 is 0 Å². The molecule has 3 heterocycles. The topological polar surface area (TPSA) is 24.3 Å². The molecule has 4 nitrogen and oxygen atoms in total. The Hall–Kier alpha value is -7.20. The predicted octanol–water partition coefficient (Wildman–Crippen LogP) is 13.8. The van der Waals surface area contributed by atoms with Crippen LogP contribution in [0.2, 0.25) is 0 Å². The van der Waals surface area contributed by atoms with E-state index in [4.69, 9.17) is 4.98 Å².